The van der Waals surface area contributed by atoms with E-state index in [1.807, 2.05) is 19.1 Å². The van der Waals surface area contributed by atoms with Gasteiger partial charge in [-0.25, -0.2) is 0 Å². The van der Waals surface area contributed by atoms with Gasteiger partial charge in [0, 0.05) is 31.6 Å². The lowest BCUT2D eigenvalue weighted by molar-refractivity contribution is -0.166. The van der Waals surface area contributed by atoms with Gasteiger partial charge in [-0.15, -0.1) is 0 Å². The highest BCUT2D eigenvalue weighted by atomic mass is 16.6. The lowest BCUT2D eigenvalue weighted by Crippen LogP contribution is -2.44. The van der Waals surface area contributed by atoms with Crippen molar-refractivity contribution in [2.45, 2.75) is 77.6 Å². The normalized spacial score (nSPS) is 29.6. The second-order valence-electron chi connectivity index (χ2n) is 11.0. The molecule has 9 nitrogen and oxygen atoms in total. The Labute approximate surface area is 228 Å². The summed E-state index contributed by atoms with van der Waals surface area (Å²) in [5, 5.41) is 0. The standard InChI is InChI=1S/C30H36O9/c1-16-11-21(29(34)39-30(4,5)24(16)14-26(33)35-6)12-20-13-25(37-17(2)31)28(38-18(3)32)27-22(7-8-23(20)27)19-9-10-36-15-19/h8-11,13,15,21-22,24-25,27-28H,7,12,14H2,1-6H3/t21-,22+,24-,25-,27?,28+/m1/s1. The third kappa shape index (κ3) is 6.02. The molecule has 210 valence electrons. The number of carbonyl (C=O) groups is 4. The topological polar surface area (TPSA) is 118 Å². The van der Waals surface area contributed by atoms with E-state index in [0.29, 0.717) is 12.8 Å². The second-order valence-corrected chi connectivity index (χ2v) is 11.0. The van der Waals surface area contributed by atoms with Gasteiger partial charge in [-0.05, 0) is 62.5 Å². The molecule has 2 heterocycles. The molecule has 0 aromatic carbocycles. The van der Waals surface area contributed by atoms with Gasteiger partial charge in [0.2, 0.25) is 0 Å². The Kier molecular flexibility index (Phi) is 8.18. The van der Waals surface area contributed by atoms with Crippen LogP contribution in [0.15, 0.2) is 58.0 Å². The first-order chi connectivity index (χ1) is 18.4. The summed E-state index contributed by atoms with van der Waals surface area (Å²) in [7, 11) is 1.33. The highest BCUT2D eigenvalue weighted by Crippen LogP contribution is 2.50. The number of hydrogen-bond acceptors (Lipinski definition) is 9. The first-order valence-corrected chi connectivity index (χ1v) is 13.2. The van der Waals surface area contributed by atoms with E-state index in [-0.39, 0.29) is 30.1 Å². The van der Waals surface area contributed by atoms with Crippen LogP contribution in [0, 0.1) is 17.8 Å². The van der Waals surface area contributed by atoms with Crippen LogP contribution in [-0.4, -0.2) is 48.8 Å². The Hall–Kier alpha value is -3.62. The number of cyclic esters (lactones) is 1. The number of carbonyl (C=O) groups excluding carboxylic acids is 4. The Bertz CT molecular complexity index is 1220. The average molecular weight is 541 g/mol. The van der Waals surface area contributed by atoms with Gasteiger partial charge in [0.05, 0.1) is 32.0 Å². The minimum atomic E-state index is -0.913. The summed E-state index contributed by atoms with van der Waals surface area (Å²) < 4.78 is 27.5. The van der Waals surface area contributed by atoms with Gasteiger partial charge in [0.1, 0.15) is 11.7 Å². The Morgan fingerprint density at radius 3 is 2.44 bits per heavy atom. The van der Waals surface area contributed by atoms with Crippen LogP contribution in [0.2, 0.25) is 0 Å². The molecule has 1 aromatic rings. The first-order valence-electron chi connectivity index (χ1n) is 13.2. The van der Waals surface area contributed by atoms with Gasteiger partial charge >= 0.3 is 23.9 Å². The maximum Gasteiger partial charge on any atom is 0.313 e. The summed E-state index contributed by atoms with van der Waals surface area (Å²) in [6.45, 7) is 8.12. The van der Waals surface area contributed by atoms with Crippen LogP contribution in [0.5, 0.6) is 0 Å². The number of hydrogen-bond donors (Lipinski definition) is 0. The van der Waals surface area contributed by atoms with E-state index < -0.39 is 41.6 Å². The van der Waals surface area contributed by atoms with E-state index in [2.05, 4.69) is 6.08 Å². The van der Waals surface area contributed by atoms with E-state index in [0.717, 1.165) is 22.3 Å². The summed E-state index contributed by atoms with van der Waals surface area (Å²) in [4.78, 5) is 49.6. The van der Waals surface area contributed by atoms with Crippen LogP contribution >= 0.6 is 0 Å². The summed E-state index contributed by atoms with van der Waals surface area (Å²) >= 11 is 0. The lowest BCUT2D eigenvalue weighted by Gasteiger charge is -2.38. The van der Waals surface area contributed by atoms with Crippen LogP contribution in [0.25, 0.3) is 0 Å². The molecule has 4 rings (SSSR count). The van der Waals surface area contributed by atoms with Crippen molar-refractivity contribution in [2.75, 3.05) is 7.11 Å². The molecule has 1 unspecified atom stereocenters. The molecule has 0 radical (unpaired) electrons. The third-order valence-electron chi connectivity index (χ3n) is 7.93. The summed E-state index contributed by atoms with van der Waals surface area (Å²) in [6, 6.07) is 1.88. The molecule has 2 aliphatic carbocycles. The zero-order valence-corrected chi connectivity index (χ0v) is 23.2. The van der Waals surface area contributed by atoms with Crippen molar-refractivity contribution < 1.29 is 42.5 Å². The average Bonchev–Trinajstić information content (AvgIpc) is 3.51. The van der Waals surface area contributed by atoms with Crippen molar-refractivity contribution >= 4 is 23.9 Å². The molecule has 1 aliphatic heterocycles. The molecule has 1 aromatic heterocycles. The minimum Gasteiger partial charge on any atom is -0.472 e. The van der Waals surface area contributed by atoms with Gasteiger partial charge in [0.25, 0.3) is 0 Å². The molecule has 0 saturated carbocycles. The summed E-state index contributed by atoms with van der Waals surface area (Å²) in [6.07, 6.45) is 8.50. The van der Waals surface area contributed by atoms with Crippen LogP contribution in [0.3, 0.4) is 0 Å². The summed E-state index contributed by atoms with van der Waals surface area (Å²) in [5.74, 6) is -3.10. The van der Waals surface area contributed by atoms with Crippen LogP contribution in [0.1, 0.15) is 65.4 Å². The van der Waals surface area contributed by atoms with Crippen molar-refractivity contribution in [3.05, 3.63) is 59.1 Å². The number of ether oxygens (including phenoxy) is 4. The molecule has 0 fully saturated rings. The fourth-order valence-electron chi connectivity index (χ4n) is 6.23. The fourth-order valence-corrected chi connectivity index (χ4v) is 6.23. The minimum absolute atomic E-state index is 0.0633. The molecule has 39 heavy (non-hydrogen) atoms. The molecule has 0 bridgehead atoms. The van der Waals surface area contributed by atoms with Gasteiger partial charge < -0.3 is 23.4 Å². The highest BCUT2D eigenvalue weighted by Gasteiger charge is 2.48. The van der Waals surface area contributed by atoms with E-state index in [1.165, 1.54) is 21.0 Å². The second kappa shape index (κ2) is 11.2. The van der Waals surface area contributed by atoms with Gasteiger partial charge in [-0.3, -0.25) is 19.2 Å². The smallest absolute Gasteiger partial charge is 0.313 e. The molecular weight excluding hydrogens is 504 g/mol. The molecular formula is C30H36O9. The van der Waals surface area contributed by atoms with Gasteiger partial charge in [0.15, 0.2) is 6.10 Å². The van der Waals surface area contributed by atoms with Crippen molar-refractivity contribution in [1.29, 1.82) is 0 Å². The largest absolute Gasteiger partial charge is 0.472 e. The van der Waals surface area contributed by atoms with E-state index in [1.54, 1.807) is 32.4 Å². The van der Waals surface area contributed by atoms with Crippen molar-refractivity contribution in [3.8, 4) is 0 Å². The quantitative estimate of drug-likeness (QED) is 0.278. The SMILES string of the molecule is COC(=O)C[C@@H]1C(C)=C[C@H](CC2=C[C@@H](OC(C)=O)[C@H](OC(C)=O)C3C2=CC[C@H]3c2ccoc2)C(=O)OC1(C)C. The molecule has 0 saturated heterocycles. The van der Waals surface area contributed by atoms with E-state index in [9.17, 15) is 19.2 Å². The maximum absolute atomic E-state index is 13.4. The Balaban J connectivity index is 1.71. The maximum atomic E-state index is 13.4. The highest BCUT2D eigenvalue weighted by molar-refractivity contribution is 5.77. The van der Waals surface area contributed by atoms with Crippen molar-refractivity contribution in [2.24, 2.45) is 17.8 Å². The molecule has 6 atom stereocenters. The predicted octanol–water partition coefficient (Wildman–Crippen LogP) is 4.58. The zero-order chi connectivity index (χ0) is 28.5. The van der Waals surface area contributed by atoms with E-state index >= 15 is 0 Å². The zero-order valence-electron chi connectivity index (χ0n) is 23.2. The van der Waals surface area contributed by atoms with Crippen LogP contribution in [0.4, 0.5) is 0 Å². The lowest BCUT2D eigenvalue weighted by atomic mass is 9.73. The number of rotatable bonds is 7. The third-order valence-corrected chi connectivity index (χ3v) is 7.93. The number of allylic oxidation sites excluding steroid dienone is 2. The van der Waals surface area contributed by atoms with Crippen LogP contribution < -0.4 is 0 Å². The van der Waals surface area contributed by atoms with Gasteiger partial charge in [-0.2, -0.15) is 0 Å². The van der Waals surface area contributed by atoms with Gasteiger partial charge in [-0.1, -0.05) is 17.7 Å². The molecule has 0 spiro atoms. The van der Waals surface area contributed by atoms with Crippen molar-refractivity contribution in [3.63, 3.8) is 0 Å². The van der Waals surface area contributed by atoms with Crippen LogP contribution in [-0.2, 0) is 38.1 Å². The first kappa shape index (κ1) is 28.4. The number of methoxy groups -OCH3 is 1. The van der Waals surface area contributed by atoms with E-state index in [4.69, 9.17) is 23.4 Å². The Morgan fingerprint density at radius 2 is 1.82 bits per heavy atom. The number of furan rings is 1. The van der Waals surface area contributed by atoms with Crippen molar-refractivity contribution in [1.82, 2.24) is 0 Å². The Morgan fingerprint density at radius 1 is 1.10 bits per heavy atom. The fraction of sp³-hybridized carbons (Fsp3) is 0.533. The molecule has 9 heteroatoms. The molecule has 0 N–H and O–H groups in total. The molecule has 0 amide bonds. The monoisotopic (exact) mass is 540 g/mol. The number of esters is 4. The summed E-state index contributed by atoms with van der Waals surface area (Å²) in [5.41, 5.74) is 2.67. The number of fused-ring (bicyclic) bond motifs is 1. The molecule has 3 aliphatic rings. The predicted molar refractivity (Wildman–Crippen MR) is 139 cm³/mol.